The van der Waals surface area contributed by atoms with Gasteiger partial charge in [-0.3, -0.25) is 0 Å². The molecule has 1 rings (SSSR count). The lowest BCUT2D eigenvalue weighted by Crippen LogP contribution is -2.49. The summed E-state index contributed by atoms with van der Waals surface area (Å²) in [6.07, 6.45) is 5.68. The highest BCUT2D eigenvalue weighted by molar-refractivity contribution is 4.93. The molecule has 4 heteroatoms. The average molecular weight is 239 g/mol. The topological polar surface area (TPSA) is 50.1 Å². The van der Waals surface area contributed by atoms with Gasteiger partial charge in [-0.05, 0) is 13.3 Å². The molecule has 0 fully saturated rings. The standard InChI is InChI=1S/C13H25N3O/c1-5-12-14-7-9-16(12)8-6-13(4,10-17)15-11(2)3/h7,9,11,15,17H,5-6,8,10H2,1-4H3. The molecule has 17 heavy (non-hydrogen) atoms. The third-order valence-corrected chi connectivity index (χ3v) is 3.01. The highest BCUT2D eigenvalue weighted by atomic mass is 16.3. The summed E-state index contributed by atoms with van der Waals surface area (Å²) in [4.78, 5) is 4.30. The minimum absolute atomic E-state index is 0.154. The number of rotatable bonds is 7. The van der Waals surface area contributed by atoms with Crippen LogP contribution in [0.3, 0.4) is 0 Å². The maximum absolute atomic E-state index is 9.50. The van der Waals surface area contributed by atoms with Gasteiger partial charge in [0.2, 0.25) is 0 Å². The predicted octanol–water partition coefficient (Wildman–Crippen LogP) is 1.58. The van der Waals surface area contributed by atoms with Crippen LogP contribution in [0.5, 0.6) is 0 Å². The van der Waals surface area contributed by atoms with E-state index in [1.807, 2.05) is 12.4 Å². The minimum atomic E-state index is -0.219. The first-order valence-corrected chi connectivity index (χ1v) is 6.39. The summed E-state index contributed by atoms with van der Waals surface area (Å²) in [6, 6.07) is 0.376. The van der Waals surface area contributed by atoms with E-state index < -0.39 is 0 Å². The number of hydrogen-bond acceptors (Lipinski definition) is 3. The molecule has 0 spiro atoms. The van der Waals surface area contributed by atoms with Crippen LogP contribution in [-0.2, 0) is 13.0 Å². The summed E-state index contributed by atoms with van der Waals surface area (Å²) >= 11 is 0. The Morgan fingerprint density at radius 2 is 2.24 bits per heavy atom. The van der Waals surface area contributed by atoms with Crippen molar-refractivity contribution in [3.8, 4) is 0 Å². The molecule has 1 aromatic heterocycles. The summed E-state index contributed by atoms with van der Waals surface area (Å²) in [5.74, 6) is 1.11. The van der Waals surface area contributed by atoms with Crippen LogP contribution in [0, 0.1) is 0 Å². The van der Waals surface area contributed by atoms with Gasteiger partial charge in [-0.2, -0.15) is 0 Å². The Morgan fingerprint density at radius 3 is 2.76 bits per heavy atom. The van der Waals surface area contributed by atoms with E-state index in [0.29, 0.717) is 6.04 Å². The summed E-state index contributed by atoms with van der Waals surface area (Å²) in [5.41, 5.74) is -0.219. The number of aliphatic hydroxyl groups is 1. The molecule has 1 unspecified atom stereocenters. The predicted molar refractivity (Wildman–Crippen MR) is 70.0 cm³/mol. The maximum atomic E-state index is 9.50. The second-order valence-corrected chi connectivity index (χ2v) is 5.16. The van der Waals surface area contributed by atoms with E-state index in [9.17, 15) is 5.11 Å². The molecule has 0 aliphatic carbocycles. The van der Waals surface area contributed by atoms with Gasteiger partial charge in [-0.25, -0.2) is 4.98 Å². The first-order chi connectivity index (χ1) is 8.00. The van der Waals surface area contributed by atoms with E-state index in [2.05, 4.69) is 42.6 Å². The van der Waals surface area contributed by atoms with Gasteiger partial charge >= 0.3 is 0 Å². The zero-order chi connectivity index (χ0) is 12.9. The summed E-state index contributed by atoms with van der Waals surface area (Å²) in [5, 5.41) is 12.9. The summed E-state index contributed by atoms with van der Waals surface area (Å²) in [7, 11) is 0. The Bertz CT molecular complexity index is 335. The molecule has 0 amide bonds. The van der Waals surface area contributed by atoms with Crippen LogP contribution < -0.4 is 5.32 Å². The van der Waals surface area contributed by atoms with Gasteiger partial charge in [0.05, 0.1) is 6.61 Å². The molecule has 2 N–H and O–H groups in total. The van der Waals surface area contributed by atoms with Crippen molar-refractivity contribution >= 4 is 0 Å². The lowest BCUT2D eigenvalue weighted by Gasteiger charge is -2.31. The molecular weight excluding hydrogens is 214 g/mol. The Kier molecular flexibility index (Phi) is 5.15. The van der Waals surface area contributed by atoms with Gasteiger partial charge < -0.3 is 15.0 Å². The Balaban J connectivity index is 2.58. The smallest absolute Gasteiger partial charge is 0.108 e. The van der Waals surface area contributed by atoms with Crippen molar-refractivity contribution in [2.24, 2.45) is 0 Å². The van der Waals surface area contributed by atoms with E-state index >= 15 is 0 Å². The van der Waals surface area contributed by atoms with Gasteiger partial charge in [0.1, 0.15) is 5.82 Å². The van der Waals surface area contributed by atoms with Crippen LogP contribution in [0.2, 0.25) is 0 Å². The first-order valence-electron chi connectivity index (χ1n) is 6.39. The Morgan fingerprint density at radius 1 is 1.53 bits per heavy atom. The fourth-order valence-electron chi connectivity index (χ4n) is 2.12. The molecular formula is C13H25N3O. The van der Waals surface area contributed by atoms with Gasteiger partial charge in [-0.15, -0.1) is 0 Å². The second-order valence-electron chi connectivity index (χ2n) is 5.16. The van der Waals surface area contributed by atoms with E-state index in [0.717, 1.165) is 25.2 Å². The van der Waals surface area contributed by atoms with Crippen molar-refractivity contribution in [1.29, 1.82) is 0 Å². The van der Waals surface area contributed by atoms with Crippen LogP contribution in [0.25, 0.3) is 0 Å². The molecule has 4 nitrogen and oxygen atoms in total. The highest BCUT2D eigenvalue weighted by Crippen LogP contribution is 2.13. The average Bonchev–Trinajstić information content (AvgIpc) is 2.73. The van der Waals surface area contributed by atoms with Crippen LogP contribution >= 0.6 is 0 Å². The molecule has 1 aromatic rings. The number of aromatic nitrogens is 2. The fourth-order valence-corrected chi connectivity index (χ4v) is 2.12. The third kappa shape index (κ3) is 4.13. The molecule has 1 heterocycles. The molecule has 0 aromatic carbocycles. The quantitative estimate of drug-likeness (QED) is 0.759. The monoisotopic (exact) mass is 239 g/mol. The number of hydrogen-bond donors (Lipinski definition) is 2. The van der Waals surface area contributed by atoms with Gasteiger partial charge in [0.25, 0.3) is 0 Å². The molecule has 0 bridgehead atoms. The first kappa shape index (κ1) is 14.2. The molecule has 98 valence electrons. The van der Waals surface area contributed by atoms with Crippen molar-refractivity contribution in [1.82, 2.24) is 14.9 Å². The van der Waals surface area contributed by atoms with Crippen molar-refractivity contribution in [3.63, 3.8) is 0 Å². The third-order valence-electron chi connectivity index (χ3n) is 3.01. The van der Waals surface area contributed by atoms with Crippen LogP contribution in [0.4, 0.5) is 0 Å². The Hall–Kier alpha value is -0.870. The lowest BCUT2D eigenvalue weighted by molar-refractivity contribution is 0.152. The van der Waals surface area contributed by atoms with Crippen LogP contribution in [0.15, 0.2) is 12.4 Å². The zero-order valence-electron chi connectivity index (χ0n) is 11.4. The van der Waals surface area contributed by atoms with Crippen molar-refractivity contribution in [2.75, 3.05) is 6.61 Å². The van der Waals surface area contributed by atoms with E-state index in [4.69, 9.17) is 0 Å². The summed E-state index contributed by atoms with van der Waals surface area (Å²) in [6.45, 7) is 9.42. The maximum Gasteiger partial charge on any atom is 0.108 e. The molecule has 1 atom stereocenters. The SMILES string of the molecule is CCc1nccn1CCC(C)(CO)NC(C)C. The molecule has 0 aliphatic heterocycles. The van der Waals surface area contributed by atoms with Gasteiger partial charge in [0, 0.05) is 36.9 Å². The van der Waals surface area contributed by atoms with E-state index in [-0.39, 0.29) is 12.1 Å². The Labute approximate surface area is 104 Å². The number of aliphatic hydroxyl groups excluding tert-OH is 1. The van der Waals surface area contributed by atoms with Crippen molar-refractivity contribution in [3.05, 3.63) is 18.2 Å². The van der Waals surface area contributed by atoms with Crippen LogP contribution in [-0.4, -0.2) is 32.8 Å². The summed E-state index contributed by atoms with van der Waals surface area (Å²) < 4.78 is 2.16. The zero-order valence-corrected chi connectivity index (χ0v) is 11.4. The molecule has 0 radical (unpaired) electrons. The number of nitrogens with zero attached hydrogens (tertiary/aromatic N) is 2. The minimum Gasteiger partial charge on any atom is -0.394 e. The fraction of sp³-hybridized carbons (Fsp3) is 0.769. The number of aryl methyl sites for hydroxylation is 2. The molecule has 0 aliphatic rings. The number of nitrogens with one attached hydrogen (secondary N) is 1. The number of imidazole rings is 1. The second kappa shape index (κ2) is 6.17. The van der Waals surface area contributed by atoms with Crippen molar-refractivity contribution in [2.45, 2.75) is 58.7 Å². The van der Waals surface area contributed by atoms with E-state index in [1.54, 1.807) is 0 Å². The van der Waals surface area contributed by atoms with Gasteiger partial charge in [-0.1, -0.05) is 20.8 Å². The van der Waals surface area contributed by atoms with Crippen molar-refractivity contribution < 1.29 is 5.11 Å². The lowest BCUT2D eigenvalue weighted by atomic mass is 9.98. The largest absolute Gasteiger partial charge is 0.394 e. The molecule has 0 saturated heterocycles. The van der Waals surface area contributed by atoms with Gasteiger partial charge in [0.15, 0.2) is 0 Å². The molecule has 0 saturated carbocycles. The normalized spacial score (nSPS) is 15.2. The highest BCUT2D eigenvalue weighted by Gasteiger charge is 2.23. The van der Waals surface area contributed by atoms with Crippen LogP contribution in [0.1, 0.15) is 39.9 Å². The van der Waals surface area contributed by atoms with E-state index in [1.165, 1.54) is 0 Å².